The SMILES string of the molecule is Cc1cc2c(cc1C)C1(c3nc(-c4ccccc4)nc(-c4cccc(-c5ccccc5)c4)n3)c3cc(C)c(C)cc3C2c2cc(C)c(C)cc21. The van der Waals surface area contributed by atoms with Crippen LogP contribution in [0.2, 0.25) is 0 Å². The zero-order chi connectivity index (χ0) is 34.3. The van der Waals surface area contributed by atoms with Crippen molar-refractivity contribution in [2.45, 2.75) is 52.9 Å². The molecule has 0 radical (unpaired) electrons. The summed E-state index contributed by atoms with van der Waals surface area (Å²) in [4.78, 5) is 16.3. The molecule has 2 bridgehead atoms. The standard InChI is InChI=1S/C47H39N3/c1-27-20-37-40(23-30(27)4)47(41-24-31(5)28(2)21-38(41)43(37)39-22-29(3)32(6)25-42(39)47)46-49-44(34-16-11-8-12-17-34)48-45(50-46)36-19-13-18-35(26-36)33-14-9-7-10-15-33/h7-26,43H,1-6H3. The molecule has 1 aromatic heterocycles. The molecule has 242 valence electrons. The van der Waals surface area contributed by atoms with Crippen molar-refractivity contribution in [1.82, 2.24) is 15.0 Å². The van der Waals surface area contributed by atoms with Crippen LogP contribution in [-0.4, -0.2) is 15.0 Å². The number of aryl methyl sites for hydroxylation is 6. The number of aromatic nitrogens is 3. The molecule has 0 spiro atoms. The van der Waals surface area contributed by atoms with Crippen molar-refractivity contribution in [2.75, 3.05) is 0 Å². The quantitative estimate of drug-likeness (QED) is 0.191. The number of hydrogen-bond donors (Lipinski definition) is 0. The van der Waals surface area contributed by atoms with Gasteiger partial charge in [0.1, 0.15) is 5.41 Å². The van der Waals surface area contributed by atoms with Gasteiger partial charge in [0, 0.05) is 17.0 Å². The molecule has 6 aromatic carbocycles. The second kappa shape index (κ2) is 11.2. The summed E-state index contributed by atoms with van der Waals surface area (Å²) in [5, 5.41) is 0. The topological polar surface area (TPSA) is 38.7 Å². The van der Waals surface area contributed by atoms with Gasteiger partial charge in [-0.2, -0.15) is 0 Å². The fraction of sp³-hybridized carbons (Fsp3) is 0.170. The summed E-state index contributed by atoms with van der Waals surface area (Å²) >= 11 is 0. The molecule has 3 heteroatoms. The lowest BCUT2D eigenvalue weighted by atomic mass is 9.51. The summed E-state index contributed by atoms with van der Waals surface area (Å²) in [6.45, 7) is 13.4. The molecule has 50 heavy (non-hydrogen) atoms. The highest BCUT2D eigenvalue weighted by Crippen LogP contribution is 2.62. The molecule has 3 nitrogen and oxygen atoms in total. The van der Waals surface area contributed by atoms with E-state index in [9.17, 15) is 0 Å². The third-order valence-corrected chi connectivity index (χ3v) is 11.4. The van der Waals surface area contributed by atoms with E-state index in [4.69, 9.17) is 15.0 Å². The lowest BCUT2D eigenvalue weighted by Crippen LogP contribution is -2.45. The van der Waals surface area contributed by atoms with Gasteiger partial charge in [0.05, 0.1) is 0 Å². The molecule has 0 unspecified atom stereocenters. The minimum Gasteiger partial charge on any atom is -0.211 e. The Kier molecular flexibility index (Phi) is 6.80. The van der Waals surface area contributed by atoms with E-state index in [0.29, 0.717) is 11.6 Å². The zero-order valence-corrected chi connectivity index (χ0v) is 29.5. The maximum atomic E-state index is 5.59. The van der Waals surface area contributed by atoms with E-state index in [2.05, 4.69) is 157 Å². The maximum Gasteiger partial charge on any atom is 0.163 e. The summed E-state index contributed by atoms with van der Waals surface area (Å²) in [6.07, 6.45) is 0. The van der Waals surface area contributed by atoms with Crippen LogP contribution in [0.3, 0.4) is 0 Å². The minimum atomic E-state index is -0.734. The van der Waals surface area contributed by atoms with Crippen molar-refractivity contribution < 1.29 is 0 Å². The van der Waals surface area contributed by atoms with Gasteiger partial charge in [-0.3, -0.25) is 0 Å². The molecule has 0 amide bonds. The Hall–Kier alpha value is -5.67. The molecule has 0 aliphatic heterocycles. The number of benzene rings is 6. The Balaban J connectivity index is 1.43. The van der Waals surface area contributed by atoms with E-state index in [1.54, 1.807) is 0 Å². The van der Waals surface area contributed by atoms with E-state index in [0.717, 1.165) is 28.1 Å². The van der Waals surface area contributed by atoms with E-state index in [1.165, 1.54) is 66.8 Å². The van der Waals surface area contributed by atoms with Crippen LogP contribution < -0.4 is 0 Å². The molecule has 0 fully saturated rings. The number of rotatable bonds is 4. The molecular formula is C47H39N3. The minimum absolute atomic E-state index is 0.146. The van der Waals surface area contributed by atoms with E-state index in [1.807, 2.05) is 6.07 Å². The molecule has 0 saturated carbocycles. The molecule has 0 N–H and O–H groups in total. The zero-order valence-electron chi connectivity index (χ0n) is 29.5. The first kappa shape index (κ1) is 30.4. The average molecular weight is 646 g/mol. The summed E-state index contributed by atoms with van der Waals surface area (Å²) in [7, 11) is 0. The molecule has 0 saturated heterocycles. The predicted octanol–water partition coefficient (Wildman–Crippen LogP) is 10.9. The largest absolute Gasteiger partial charge is 0.211 e. The number of nitrogens with zero attached hydrogens (tertiary/aromatic N) is 3. The molecule has 0 atom stereocenters. The average Bonchev–Trinajstić information content (AvgIpc) is 3.14. The van der Waals surface area contributed by atoms with Crippen LogP contribution in [-0.2, 0) is 5.41 Å². The first-order chi connectivity index (χ1) is 24.2. The Labute approximate surface area is 294 Å². The molecule has 3 aliphatic carbocycles. The van der Waals surface area contributed by atoms with Crippen molar-refractivity contribution >= 4 is 0 Å². The highest BCUT2D eigenvalue weighted by molar-refractivity contribution is 5.78. The lowest BCUT2D eigenvalue weighted by Gasteiger charge is -2.50. The van der Waals surface area contributed by atoms with Gasteiger partial charge in [-0.1, -0.05) is 115 Å². The van der Waals surface area contributed by atoms with Crippen molar-refractivity contribution in [3.05, 3.63) is 194 Å². The fourth-order valence-electron chi connectivity index (χ4n) is 8.36. The highest BCUT2D eigenvalue weighted by atomic mass is 15.1. The van der Waals surface area contributed by atoms with Crippen LogP contribution in [0.5, 0.6) is 0 Å². The van der Waals surface area contributed by atoms with Crippen LogP contribution in [0.25, 0.3) is 33.9 Å². The van der Waals surface area contributed by atoms with Gasteiger partial charge >= 0.3 is 0 Å². The normalized spacial score (nSPS) is 16.9. The number of hydrogen-bond acceptors (Lipinski definition) is 3. The van der Waals surface area contributed by atoms with Crippen LogP contribution in [0.15, 0.2) is 121 Å². The first-order valence-corrected chi connectivity index (χ1v) is 17.6. The van der Waals surface area contributed by atoms with Crippen molar-refractivity contribution in [2.24, 2.45) is 0 Å². The van der Waals surface area contributed by atoms with Gasteiger partial charge in [0.2, 0.25) is 0 Å². The Morgan fingerprint density at radius 2 is 0.780 bits per heavy atom. The summed E-state index contributed by atoms with van der Waals surface area (Å²) in [5.41, 5.74) is 19.2. The van der Waals surface area contributed by atoms with Crippen LogP contribution in [0, 0.1) is 41.5 Å². The Bertz CT molecular complexity index is 2350. The summed E-state index contributed by atoms with van der Waals surface area (Å²) in [5.74, 6) is 2.27. The Morgan fingerprint density at radius 1 is 0.380 bits per heavy atom. The van der Waals surface area contributed by atoms with Crippen LogP contribution in [0.4, 0.5) is 0 Å². The van der Waals surface area contributed by atoms with Gasteiger partial charge in [0.15, 0.2) is 17.5 Å². The summed E-state index contributed by atoms with van der Waals surface area (Å²) in [6, 6.07) is 44.1. The van der Waals surface area contributed by atoms with Gasteiger partial charge in [-0.25, -0.2) is 15.0 Å². The monoisotopic (exact) mass is 645 g/mol. The van der Waals surface area contributed by atoms with Crippen molar-refractivity contribution in [3.63, 3.8) is 0 Å². The second-order valence-corrected chi connectivity index (χ2v) is 14.4. The van der Waals surface area contributed by atoms with Gasteiger partial charge in [-0.15, -0.1) is 0 Å². The third-order valence-electron chi connectivity index (χ3n) is 11.4. The molecule has 10 rings (SSSR count). The Morgan fingerprint density at radius 3 is 1.28 bits per heavy atom. The van der Waals surface area contributed by atoms with E-state index < -0.39 is 5.41 Å². The van der Waals surface area contributed by atoms with Crippen LogP contribution in [0.1, 0.15) is 78.5 Å². The maximum absolute atomic E-state index is 5.59. The molecule has 7 aromatic rings. The molecule has 3 aliphatic rings. The molecule has 1 heterocycles. The second-order valence-electron chi connectivity index (χ2n) is 14.4. The lowest BCUT2D eigenvalue weighted by molar-refractivity contribution is 0.588. The van der Waals surface area contributed by atoms with E-state index in [-0.39, 0.29) is 5.92 Å². The molecular weight excluding hydrogens is 607 g/mol. The van der Waals surface area contributed by atoms with Gasteiger partial charge in [-0.05, 0) is 125 Å². The highest BCUT2D eigenvalue weighted by Gasteiger charge is 2.55. The smallest absolute Gasteiger partial charge is 0.163 e. The van der Waals surface area contributed by atoms with Crippen molar-refractivity contribution in [3.8, 4) is 33.9 Å². The third kappa shape index (κ3) is 4.39. The van der Waals surface area contributed by atoms with E-state index >= 15 is 0 Å². The summed E-state index contributed by atoms with van der Waals surface area (Å²) < 4.78 is 0. The van der Waals surface area contributed by atoms with Crippen LogP contribution >= 0.6 is 0 Å². The predicted molar refractivity (Wildman–Crippen MR) is 204 cm³/mol. The van der Waals surface area contributed by atoms with Gasteiger partial charge in [0.25, 0.3) is 0 Å². The fourth-order valence-corrected chi connectivity index (χ4v) is 8.36. The van der Waals surface area contributed by atoms with Gasteiger partial charge < -0.3 is 0 Å². The first-order valence-electron chi connectivity index (χ1n) is 17.6. The van der Waals surface area contributed by atoms with Crippen molar-refractivity contribution in [1.29, 1.82) is 0 Å².